The Kier molecular flexibility index (Phi) is 13.5. The number of Topliss-reactive ketones (excluding diaryl/α,β-unsaturated/α-hetero) is 4. The highest BCUT2D eigenvalue weighted by Gasteiger charge is 2.31. The van der Waals surface area contributed by atoms with Crippen LogP contribution in [0.1, 0.15) is 62.1 Å². The largest absolute Gasteiger partial charge is 0.465 e. The first-order chi connectivity index (χ1) is 24.8. The normalized spacial score (nSPS) is 11.3. The monoisotopic (exact) mass is 712 g/mol. The molecule has 0 heterocycles. The van der Waals surface area contributed by atoms with Gasteiger partial charge in [0.15, 0.2) is 23.7 Å². The van der Waals surface area contributed by atoms with E-state index in [-0.39, 0.29) is 44.8 Å². The molecule has 2 unspecified atom stereocenters. The zero-order chi connectivity index (χ0) is 38.5. The van der Waals surface area contributed by atoms with Crippen molar-refractivity contribution in [3.63, 3.8) is 0 Å². The number of ether oxygens (including phenoxy) is 4. The molecular formula is C34H28N6O12. The molecule has 2 atom stereocenters. The Morgan fingerprint density at radius 1 is 0.500 bits per heavy atom. The van der Waals surface area contributed by atoms with E-state index in [0.717, 1.165) is 52.7 Å². The molecule has 266 valence electrons. The molecule has 0 saturated carbocycles. The first-order valence-corrected chi connectivity index (χ1v) is 14.6. The zero-order valence-electron chi connectivity index (χ0n) is 27.7. The first-order valence-electron chi connectivity index (χ1n) is 14.6. The Labute approximate surface area is 294 Å². The molecule has 0 aromatic heterocycles. The lowest BCUT2D eigenvalue weighted by Gasteiger charge is -2.19. The average molecular weight is 713 g/mol. The summed E-state index contributed by atoms with van der Waals surface area (Å²) in [6.45, 7) is 0. The van der Waals surface area contributed by atoms with Crippen molar-refractivity contribution in [1.82, 2.24) is 10.9 Å². The van der Waals surface area contributed by atoms with Crippen LogP contribution in [0.15, 0.2) is 60.7 Å². The second-order valence-electron chi connectivity index (χ2n) is 10.1. The van der Waals surface area contributed by atoms with Crippen molar-refractivity contribution in [2.24, 2.45) is 0 Å². The molecule has 3 rings (SSSR count). The van der Waals surface area contributed by atoms with Gasteiger partial charge in [-0.3, -0.25) is 19.2 Å². The lowest BCUT2D eigenvalue weighted by atomic mass is 9.97. The van der Waals surface area contributed by atoms with Gasteiger partial charge >= 0.3 is 23.9 Å². The van der Waals surface area contributed by atoms with Crippen molar-refractivity contribution < 1.29 is 57.3 Å². The Bertz CT molecular complexity index is 1890. The van der Waals surface area contributed by atoms with E-state index in [9.17, 15) is 48.9 Å². The number of rotatable bonds is 16. The number of ketones is 4. The van der Waals surface area contributed by atoms with Crippen LogP contribution in [0.4, 0.5) is 11.4 Å². The van der Waals surface area contributed by atoms with Crippen LogP contribution in [0.2, 0.25) is 0 Å². The van der Waals surface area contributed by atoms with Gasteiger partial charge in [0.05, 0.1) is 62.1 Å². The number of anilines is 2. The third-order valence-corrected chi connectivity index (χ3v) is 7.12. The second kappa shape index (κ2) is 17.9. The maximum Gasteiger partial charge on any atom is 0.340 e. The third kappa shape index (κ3) is 9.03. The highest BCUT2D eigenvalue weighted by atomic mass is 16.5. The minimum Gasteiger partial charge on any atom is -0.465 e. The van der Waals surface area contributed by atoms with E-state index >= 15 is 0 Å². The summed E-state index contributed by atoms with van der Waals surface area (Å²) >= 11 is 0. The average Bonchev–Trinajstić information content (AvgIpc) is 3.18. The fourth-order valence-corrected chi connectivity index (χ4v) is 4.42. The van der Waals surface area contributed by atoms with E-state index < -0.39 is 59.1 Å². The Morgan fingerprint density at radius 3 is 1.10 bits per heavy atom. The number of methoxy groups -OCH3 is 4. The van der Waals surface area contributed by atoms with Gasteiger partial charge in [0.25, 0.3) is 11.6 Å². The second-order valence-corrected chi connectivity index (χ2v) is 10.1. The molecule has 0 amide bonds. The quantitative estimate of drug-likeness (QED) is 0.0407. The predicted octanol–water partition coefficient (Wildman–Crippen LogP) is 1.35. The highest BCUT2D eigenvalue weighted by molar-refractivity contribution is 6.20. The van der Waals surface area contributed by atoms with Gasteiger partial charge in [0, 0.05) is 11.1 Å². The van der Waals surface area contributed by atoms with E-state index in [0.29, 0.717) is 0 Å². The molecule has 0 spiro atoms. The van der Waals surface area contributed by atoms with E-state index in [1.165, 1.54) is 48.5 Å². The van der Waals surface area contributed by atoms with Gasteiger partial charge in [-0.1, -0.05) is 24.3 Å². The molecule has 18 heteroatoms. The van der Waals surface area contributed by atoms with E-state index in [4.69, 9.17) is 9.47 Å². The van der Waals surface area contributed by atoms with Crippen molar-refractivity contribution in [3.8, 4) is 12.1 Å². The van der Waals surface area contributed by atoms with Gasteiger partial charge in [-0.2, -0.15) is 10.5 Å². The summed E-state index contributed by atoms with van der Waals surface area (Å²) in [5, 5.41) is 18.6. The van der Waals surface area contributed by atoms with Crippen molar-refractivity contribution in [1.29, 1.82) is 10.5 Å². The fourth-order valence-electron chi connectivity index (χ4n) is 4.42. The number of nitriles is 2. The van der Waals surface area contributed by atoms with Crippen LogP contribution in [0, 0.1) is 22.7 Å². The zero-order valence-corrected chi connectivity index (χ0v) is 27.7. The number of nitrogens with one attached hydrogen (secondary N) is 4. The lowest BCUT2D eigenvalue weighted by molar-refractivity contribution is -0.115. The SMILES string of the molecule is COC(=O)c1ccc(C(=O)OC)c(NNC(C(=O)C#N)C(=O)c2ccc(C(=O)C(NNc3cc(C(=O)OC)ccc3C(=O)OC)C(=O)C#N)cc2)c1. The Balaban J connectivity index is 1.87. The number of hydrazine groups is 2. The molecule has 0 aliphatic rings. The molecule has 0 saturated heterocycles. The standard InChI is InChI=1S/C34H28N6O12/c1-49-31(45)19-9-11-21(33(47)51-3)23(13-19)37-39-27(25(41)15-35)29(43)17-5-7-18(8-6-17)30(44)28(26(42)16-36)40-38-24-14-20(32(46)50-2)10-12-22(24)34(48)52-4/h5-14,27-28,37-40H,1-4H3. The number of benzene rings is 3. The summed E-state index contributed by atoms with van der Waals surface area (Å²) in [4.78, 5) is 100. The Hall–Kier alpha value is -7.28. The third-order valence-electron chi connectivity index (χ3n) is 7.12. The molecule has 52 heavy (non-hydrogen) atoms. The van der Waals surface area contributed by atoms with Gasteiger partial charge in [0.2, 0.25) is 0 Å². The summed E-state index contributed by atoms with van der Waals surface area (Å²) < 4.78 is 18.8. The maximum atomic E-state index is 13.4. The van der Waals surface area contributed by atoms with Crippen molar-refractivity contribution in [3.05, 3.63) is 94.0 Å². The van der Waals surface area contributed by atoms with Gasteiger partial charge < -0.3 is 29.8 Å². The molecule has 0 bridgehead atoms. The molecule has 0 radical (unpaired) electrons. The minimum atomic E-state index is -1.87. The van der Waals surface area contributed by atoms with E-state index in [1.54, 1.807) is 0 Å². The lowest BCUT2D eigenvalue weighted by Crippen LogP contribution is -2.46. The maximum absolute atomic E-state index is 13.4. The van der Waals surface area contributed by atoms with Crippen molar-refractivity contribution in [2.75, 3.05) is 39.3 Å². The molecule has 4 N–H and O–H groups in total. The van der Waals surface area contributed by atoms with Crippen molar-refractivity contribution in [2.45, 2.75) is 12.1 Å². The first kappa shape index (κ1) is 39.2. The topological polar surface area (TPSA) is 269 Å². The summed E-state index contributed by atoms with van der Waals surface area (Å²) in [6.07, 6.45) is 0. The molecular weight excluding hydrogens is 684 g/mol. The molecule has 3 aromatic rings. The van der Waals surface area contributed by atoms with Crippen LogP contribution in [-0.4, -0.2) is 87.5 Å². The Morgan fingerprint density at radius 2 is 0.808 bits per heavy atom. The number of carbonyl (C=O) groups is 8. The summed E-state index contributed by atoms with van der Waals surface area (Å²) in [5.41, 5.74) is 8.90. The molecule has 3 aromatic carbocycles. The minimum absolute atomic E-state index is 0.00862. The van der Waals surface area contributed by atoms with Gasteiger partial charge in [-0.15, -0.1) is 0 Å². The van der Waals surface area contributed by atoms with Crippen LogP contribution in [0.5, 0.6) is 0 Å². The van der Waals surface area contributed by atoms with Crippen LogP contribution in [0.3, 0.4) is 0 Å². The molecule has 18 nitrogen and oxygen atoms in total. The number of hydrogen-bond donors (Lipinski definition) is 4. The van der Waals surface area contributed by atoms with Crippen LogP contribution >= 0.6 is 0 Å². The van der Waals surface area contributed by atoms with Crippen LogP contribution in [0.25, 0.3) is 0 Å². The molecule has 0 fully saturated rings. The number of esters is 4. The van der Waals surface area contributed by atoms with Gasteiger partial charge in [0.1, 0.15) is 12.1 Å². The predicted molar refractivity (Wildman–Crippen MR) is 176 cm³/mol. The number of carbonyl (C=O) groups excluding carboxylic acids is 8. The highest BCUT2D eigenvalue weighted by Crippen LogP contribution is 2.21. The van der Waals surface area contributed by atoms with E-state index in [2.05, 4.69) is 31.2 Å². The van der Waals surface area contributed by atoms with Crippen LogP contribution < -0.4 is 21.7 Å². The molecule has 0 aliphatic carbocycles. The smallest absolute Gasteiger partial charge is 0.340 e. The summed E-state index contributed by atoms with van der Waals surface area (Å²) in [7, 11) is 4.47. The summed E-state index contributed by atoms with van der Waals surface area (Å²) in [6, 6.07) is 10.8. The van der Waals surface area contributed by atoms with Crippen LogP contribution in [-0.2, 0) is 28.5 Å². The molecule has 0 aliphatic heterocycles. The summed E-state index contributed by atoms with van der Waals surface area (Å²) in [5.74, 6) is -7.65. The van der Waals surface area contributed by atoms with Crippen molar-refractivity contribution >= 4 is 58.4 Å². The van der Waals surface area contributed by atoms with E-state index in [1.807, 2.05) is 0 Å². The fraction of sp³-hybridized carbons (Fsp3) is 0.176. The number of hydrogen-bond acceptors (Lipinski definition) is 18. The van der Waals surface area contributed by atoms with Gasteiger partial charge in [-0.25, -0.2) is 30.0 Å². The van der Waals surface area contributed by atoms with Gasteiger partial charge in [-0.05, 0) is 36.4 Å². The number of nitrogens with zero attached hydrogens (tertiary/aromatic N) is 2.